The van der Waals surface area contributed by atoms with E-state index >= 15 is 0 Å². The molecule has 0 fully saturated rings. The van der Waals surface area contributed by atoms with Crippen molar-refractivity contribution in [3.05, 3.63) is 58.6 Å². The van der Waals surface area contributed by atoms with Gasteiger partial charge in [-0.25, -0.2) is 4.98 Å². The van der Waals surface area contributed by atoms with E-state index in [9.17, 15) is 0 Å². The molecule has 0 aliphatic heterocycles. The first-order chi connectivity index (χ1) is 9.24. The second-order valence-corrected chi connectivity index (χ2v) is 5.44. The molecule has 3 nitrogen and oxygen atoms in total. The molecule has 2 N–H and O–H groups in total. The molecule has 0 spiro atoms. The summed E-state index contributed by atoms with van der Waals surface area (Å²) in [6.45, 7) is 0. The van der Waals surface area contributed by atoms with Crippen LogP contribution in [0.1, 0.15) is 16.1 Å². The molecule has 92 valence electrons. The predicted molar refractivity (Wildman–Crippen MR) is 78.0 cm³/mol. The van der Waals surface area contributed by atoms with Crippen molar-refractivity contribution in [2.45, 2.75) is 6.42 Å². The van der Waals surface area contributed by atoms with Crippen LogP contribution in [0.4, 0.5) is 5.69 Å². The lowest BCUT2D eigenvalue weighted by atomic mass is 10.1. The fourth-order valence-electron chi connectivity index (χ4n) is 1.94. The van der Waals surface area contributed by atoms with Crippen LogP contribution < -0.4 is 5.73 Å². The molecule has 1 heterocycles. The number of hydrogen-bond acceptors (Lipinski definition) is 4. The van der Waals surface area contributed by atoms with E-state index < -0.39 is 0 Å². The minimum Gasteiger partial charge on any atom is -0.399 e. The topological polar surface area (TPSA) is 62.7 Å². The Hall–Kier alpha value is -2.38. The van der Waals surface area contributed by atoms with Crippen LogP contribution in [0.5, 0.6) is 0 Å². The maximum atomic E-state index is 8.77. The van der Waals surface area contributed by atoms with E-state index in [1.54, 1.807) is 11.3 Å². The van der Waals surface area contributed by atoms with Crippen LogP contribution in [0, 0.1) is 11.3 Å². The maximum Gasteiger partial charge on any atom is 0.0991 e. The maximum absolute atomic E-state index is 8.77. The van der Waals surface area contributed by atoms with E-state index in [4.69, 9.17) is 11.0 Å². The number of nitrogens with zero attached hydrogens (tertiary/aromatic N) is 2. The van der Waals surface area contributed by atoms with Crippen molar-refractivity contribution in [3.8, 4) is 6.07 Å². The molecule has 4 heteroatoms. The summed E-state index contributed by atoms with van der Waals surface area (Å²) in [7, 11) is 0. The Morgan fingerprint density at radius 2 is 1.95 bits per heavy atom. The van der Waals surface area contributed by atoms with Crippen LogP contribution >= 0.6 is 11.3 Å². The molecule has 0 amide bonds. The number of hydrogen-bond donors (Lipinski definition) is 1. The minimum atomic E-state index is 0.681. The lowest BCUT2D eigenvalue weighted by Gasteiger charge is -1.97. The molecular formula is C15H11N3S. The number of thiazole rings is 1. The normalized spacial score (nSPS) is 10.5. The highest BCUT2D eigenvalue weighted by atomic mass is 32.1. The fraction of sp³-hybridized carbons (Fsp3) is 0.0667. The second kappa shape index (κ2) is 4.71. The largest absolute Gasteiger partial charge is 0.399 e. The highest BCUT2D eigenvalue weighted by Crippen LogP contribution is 2.25. The number of nitrogen functional groups attached to an aromatic ring is 1. The summed E-state index contributed by atoms with van der Waals surface area (Å²) in [6, 6.07) is 15.5. The number of aromatic nitrogens is 1. The van der Waals surface area contributed by atoms with Gasteiger partial charge in [0.2, 0.25) is 0 Å². The Morgan fingerprint density at radius 3 is 2.68 bits per heavy atom. The molecule has 0 aliphatic carbocycles. The zero-order chi connectivity index (χ0) is 13.2. The quantitative estimate of drug-likeness (QED) is 0.723. The highest BCUT2D eigenvalue weighted by molar-refractivity contribution is 7.18. The van der Waals surface area contributed by atoms with Crippen LogP contribution in [0.3, 0.4) is 0 Å². The monoisotopic (exact) mass is 265 g/mol. The molecule has 2 aromatic carbocycles. The smallest absolute Gasteiger partial charge is 0.0991 e. The average Bonchev–Trinajstić information content (AvgIpc) is 2.81. The Morgan fingerprint density at radius 1 is 1.16 bits per heavy atom. The zero-order valence-corrected chi connectivity index (χ0v) is 10.9. The number of rotatable bonds is 2. The van der Waals surface area contributed by atoms with Crippen molar-refractivity contribution in [1.82, 2.24) is 4.98 Å². The van der Waals surface area contributed by atoms with Crippen LogP contribution in [-0.2, 0) is 6.42 Å². The van der Waals surface area contributed by atoms with E-state index in [-0.39, 0.29) is 0 Å². The number of nitriles is 1. The number of nitrogens with two attached hydrogens (primary N) is 1. The van der Waals surface area contributed by atoms with Crippen molar-refractivity contribution in [2.24, 2.45) is 0 Å². The fourth-order valence-corrected chi connectivity index (χ4v) is 2.99. The molecule has 0 saturated carbocycles. The van der Waals surface area contributed by atoms with E-state index in [1.807, 2.05) is 42.5 Å². The minimum absolute atomic E-state index is 0.681. The van der Waals surface area contributed by atoms with Crippen LogP contribution in [0.15, 0.2) is 42.5 Å². The standard InChI is InChI=1S/C15H11N3S/c16-9-11-3-1-10(2-4-11)7-15-18-13-6-5-12(17)8-14(13)19-15/h1-6,8H,7,17H2. The van der Waals surface area contributed by atoms with Gasteiger partial charge < -0.3 is 5.73 Å². The van der Waals surface area contributed by atoms with Crippen LogP contribution in [0.25, 0.3) is 10.2 Å². The molecule has 0 atom stereocenters. The van der Waals surface area contributed by atoms with Crippen molar-refractivity contribution >= 4 is 27.2 Å². The van der Waals surface area contributed by atoms with Gasteiger partial charge in [0.05, 0.1) is 26.9 Å². The average molecular weight is 265 g/mol. The van der Waals surface area contributed by atoms with Gasteiger partial charge in [0.1, 0.15) is 0 Å². The SMILES string of the molecule is N#Cc1ccc(Cc2nc3ccc(N)cc3s2)cc1. The van der Waals surface area contributed by atoms with Crippen molar-refractivity contribution in [3.63, 3.8) is 0 Å². The van der Waals surface area contributed by atoms with E-state index in [2.05, 4.69) is 11.1 Å². The van der Waals surface area contributed by atoms with Crippen molar-refractivity contribution in [2.75, 3.05) is 5.73 Å². The van der Waals surface area contributed by atoms with E-state index in [0.29, 0.717) is 5.56 Å². The van der Waals surface area contributed by atoms with Crippen LogP contribution in [-0.4, -0.2) is 4.98 Å². The summed E-state index contributed by atoms with van der Waals surface area (Å²) >= 11 is 1.66. The lowest BCUT2D eigenvalue weighted by Crippen LogP contribution is -1.87. The first-order valence-corrected chi connectivity index (χ1v) is 6.70. The van der Waals surface area contributed by atoms with Gasteiger partial charge >= 0.3 is 0 Å². The first-order valence-electron chi connectivity index (χ1n) is 5.88. The molecule has 0 saturated heterocycles. The van der Waals surface area contributed by atoms with Crippen LogP contribution in [0.2, 0.25) is 0 Å². The molecule has 3 aromatic rings. The Kier molecular flexibility index (Phi) is 2.90. The van der Waals surface area contributed by atoms with Gasteiger partial charge in [0, 0.05) is 12.1 Å². The predicted octanol–water partition coefficient (Wildman–Crippen LogP) is 3.34. The van der Waals surface area contributed by atoms with E-state index in [1.165, 1.54) is 0 Å². The molecule has 0 aliphatic rings. The summed E-state index contributed by atoms with van der Waals surface area (Å²) in [5, 5.41) is 9.83. The second-order valence-electron chi connectivity index (χ2n) is 4.32. The molecular weight excluding hydrogens is 254 g/mol. The van der Waals surface area contributed by atoms with Gasteiger partial charge in [-0.05, 0) is 35.9 Å². The summed E-state index contributed by atoms with van der Waals surface area (Å²) < 4.78 is 1.11. The summed E-state index contributed by atoms with van der Waals surface area (Å²) in [5.41, 5.74) is 9.36. The third-order valence-electron chi connectivity index (χ3n) is 2.90. The molecule has 0 unspecified atom stereocenters. The molecule has 1 aromatic heterocycles. The van der Waals surface area contributed by atoms with Crippen molar-refractivity contribution in [1.29, 1.82) is 5.26 Å². The Labute approximate surface area is 114 Å². The third kappa shape index (κ3) is 2.42. The zero-order valence-electron chi connectivity index (χ0n) is 10.1. The van der Waals surface area contributed by atoms with Gasteiger partial charge in [-0.3, -0.25) is 0 Å². The third-order valence-corrected chi connectivity index (χ3v) is 3.91. The van der Waals surface area contributed by atoms with Gasteiger partial charge in [-0.1, -0.05) is 12.1 Å². The molecule has 0 radical (unpaired) electrons. The summed E-state index contributed by atoms with van der Waals surface area (Å²) in [4.78, 5) is 4.59. The molecule has 19 heavy (non-hydrogen) atoms. The number of benzene rings is 2. The lowest BCUT2D eigenvalue weighted by molar-refractivity contribution is 1.15. The highest BCUT2D eigenvalue weighted by Gasteiger charge is 2.05. The van der Waals surface area contributed by atoms with E-state index in [0.717, 1.165) is 32.9 Å². The number of anilines is 1. The molecule has 0 bridgehead atoms. The number of fused-ring (bicyclic) bond motifs is 1. The Balaban J connectivity index is 1.90. The summed E-state index contributed by atoms with van der Waals surface area (Å²) in [5.74, 6) is 0. The van der Waals surface area contributed by atoms with Gasteiger partial charge in [-0.15, -0.1) is 11.3 Å². The summed E-state index contributed by atoms with van der Waals surface area (Å²) in [6.07, 6.45) is 0.783. The first kappa shape index (κ1) is 11.7. The molecule has 3 rings (SSSR count). The van der Waals surface area contributed by atoms with Gasteiger partial charge in [0.25, 0.3) is 0 Å². The Bertz CT molecular complexity index is 766. The van der Waals surface area contributed by atoms with Crippen molar-refractivity contribution < 1.29 is 0 Å². The van der Waals surface area contributed by atoms with Gasteiger partial charge in [0.15, 0.2) is 0 Å². The van der Waals surface area contributed by atoms with Gasteiger partial charge in [-0.2, -0.15) is 5.26 Å².